The third-order valence-corrected chi connectivity index (χ3v) is 8.41. The van der Waals surface area contributed by atoms with Crippen molar-refractivity contribution >= 4 is 41.0 Å². The Bertz CT molecular complexity index is 1980. The fourth-order valence-corrected chi connectivity index (χ4v) is 6.12. The molecular weight excluding hydrogens is 644 g/mol. The normalized spacial score (nSPS) is 14.2. The summed E-state index contributed by atoms with van der Waals surface area (Å²) in [7, 11) is 1.27. The van der Waals surface area contributed by atoms with Crippen LogP contribution in [-0.4, -0.2) is 43.4 Å². The molecule has 1 aliphatic rings. The summed E-state index contributed by atoms with van der Waals surface area (Å²) in [5.74, 6) is 0.204. The molecule has 0 fully saturated rings. The van der Waals surface area contributed by atoms with Crippen molar-refractivity contribution in [3.8, 4) is 17.2 Å². The van der Waals surface area contributed by atoms with Gasteiger partial charge in [0.25, 0.3) is 5.56 Å². The molecular formula is C35H33ClN2O8S. The lowest BCUT2D eigenvalue weighted by molar-refractivity contribution is -0.143. The number of hydrogen-bond donors (Lipinski definition) is 0. The van der Waals surface area contributed by atoms with E-state index in [0.29, 0.717) is 56.1 Å². The maximum atomic E-state index is 14.0. The quantitative estimate of drug-likeness (QED) is 0.193. The third-order valence-electron chi connectivity index (χ3n) is 7.17. The lowest BCUT2D eigenvalue weighted by Crippen LogP contribution is -2.40. The fourth-order valence-electron chi connectivity index (χ4n) is 4.94. The number of rotatable bonds is 12. The number of nitrogens with zero attached hydrogens (tertiary/aromatic N) is 2. The van der Waals surface area contributed by atoms with Crippen LogP contribution in [0.5, 0.6) is 17.2 Å². The predicted molar refractivity (Wildman–Crippen MR) is 178 cm³/mol. The first-order chi connectivity index (χ1) is 22.7. The summed E-state index contributed by atoms with van der Waals surface area (Å²) in [4.78, 5) is 44.1. The standard InChI is InChI=1S/C35H33ClN2O8S/c1-5-43-28-18-24(11-16-27(28)46-20-30(39)42-4)32-31(34(41)44-6-2)21(3)37-35-38(32)33(40)29(47-35)17-22-9-14-26(15-10-22)45-19-23-7-12-25(36)13-8-23/h7-18,32H,5-6,19-20H2,1-4H3/b29-17-/t32-/m0/s1. The van der Waals surface area contributed by atoms with Crippen LogP contribution in [0.1, 0.15) is 43.5 Å². The first kappa shape index (κ1) is 33.5. The van der Waals surface area contributed by atoms with Crippen LogP contribution >= 0.6 is 22.9 Å². The van der Waals surface area contributed by atoms with Gasteiger partial charge in [0.2, 0.25) is 0 Å². The van der Waals surface area contributed by atoms with Crippen molar-refractivity contribution in [3.05, 3.63) is 119 Å². The summed E-state index contributed by atoms with van der Waals surface area (Å²) in [5.41, 5.74) is 2.71. The summed E-state index contributed by atoms with van der Waals surface area (Å²) in [5, 5.41) is 0.664. The highest BCUT2D eigenvalue weighted by Crippen LogP contribution is 2.36. The van der Waals surface area contributed by atoms with Crippen molar-refractivity contribution in [2.24, 2.45) is 4.99 Å². The Hall–Kier alpha value is -4.87. The summed E-state index contributed by atoms with van der Waals surface area (Å²) in [6.45, 7) is 5.78. The number of thiazole rings is 1. The minimum atomic E-state index is -0.857. The summed E-state index contributed by atoms with van der Waals surface area (Å²) in [6.07, 6.45) is 1.78. The van der Waals surface area contributed by atoms with Gasteiger partial charge >= 0.3 is 11.9 Å². The average molecular weight is 677 g/mol. The molecule has 4 aromatic rings. The first-order valence-corrected chi connectivity index (χ1v) is 16.0. The molecule has 1 aromatic heterocycles. The topological polar surface area (TPSA) is 115 Å². The molecule has 0 N–H and O–H groups in total. The molecule has 0 amide bonds. The van der Waals surface area contributed by atoms with E-state index >= 15 is 0 Å². The Morgan fingerprint density at radius 1 is 0.957 bits per heavy atom. The molecule has 12 heteroatoms. The number of carbonyl (C=O) groups is 2. The minimum absolute atomic E-state index is 0.149. The number of fused-ring (bicyclic) bond motifs is 1. The first-order valence-electron chi connectivity index (χ1n) is 14.9. The molecule has 0 aliphatic carbocycles. The van der Waals surface area contributed by atoms with E-state index in [4.69, 9.17) is 30.5 Å². The van der Waals surface area contributed by atoms with Crippen molar-refractivity contribution in [2.45, 2.75) is 33.4 Å². The highest BCUT2D eigenvalue weighted by Gasteiger charge is 2.34. The van der Waals surface area contributed by atoms with Gasteiger partial charge in [-0.25, -0.2) is 14.6 Å². The zero-order chi connectivity index (χ0) is 33.5. The van der Waals surface area contributed by atoms with Crippen molar-refractivity contribution in [3.63, 3.8) is 0 Å². The highest BCUT2D eigenvalue weighted by molar-refractivity contribution is 7.07. The average Bonchev–Trinajstić information content (AvgIpc) is 3.37. The Labute approximate surface area is 280 Å². The van der Waals surface area contributed by atoms with E-state index in [9.17, 15) is 14.4 Å². The molecule has 1 aliphatic heterocycles. The molecule has 244 valence electrons. The predicted octanol–water partition coefficient (Wildman–Crippen LogP) is 4.98. The largest absolute Gasteiger partial charge is 0.490 e. The van der Waals surface area contributed by atoms with Gasteiger partial charge in [-0.3, -0.25) is 9.36 Å². The van der Waals surface area contributed by atoms with Gasteiger partial charge in [-0.2, -0.15) is 0 Å². The van der Waals surface area contributed by atoms with E-state index in [1.807, 2.05) is 55.5 Å². The van der Waals surface area contributed by atoms with Crippen LogP contribution in [-0.2, 0) is 25.7 Å². The Morgan fingerprint density at radius 3 is 2.38 bits per heavy atom. The van der Waals surface area contributed by atoms with Crippen LogP contribution in [0.25, 0.3) is 6.08 Å². The van der Waals surface area contributed by atoms with Gasteiger partial charge in [0.05, 0.1) is 42.2 Å². The van der Waals surface area contributed by atoms with Gasteiger partial charge in [-0.15, -0.1) is 0 Å². The van der Waals surface area contributed by atoms with Crippen LogP contribution in [0.2, 0.25) is 5.02 Å². The molecule has 0 radical (unpaired) electrons. The van der Waals surface area contributed by atoms with E-state index in [-0.39, 0.29) is 24.3 Å². The number of halogens is 1. The number of ether oxygens (including phenoxy) is 5. The number of methoxy groups -OCH3 is 1. The molecule has 0 unspecified atom stereocenters. The Morgan fingerprint density at radius 2 is 1.70 bits per heavy atom. The van der Waals surface area contributed by atoms with Gasteiger partial charge < -0.3 is 23.7 Å². The lowest BCUT2D eigenvalue weighted by atomic mass is 9.95. The van der Waals surface area contributed by atoms with Gasteiger partial charge in [-0.05, 0) is 79.9 Å². The number of aromatic nitrogens is 1. The molecule has 0 spiro atoms. The number of allylic oxidation sites excluding steroid dienone is 1. The zero-order valence-electron chi connectivity index (χ0n) is 26.3. The molecule has 3 aromatic carbocycles. The highest BCUT2D eigenvalue weighted by atomic mass is 35.5. The number of carbonyl (C=O) groups excluding carboxylic acids is 2. The van der Waals surface area contributed by atoms with Crippen LogP contribution in [0.3, 0.4) is 0 Å². The fraction of sp³-hybridized carbons (Fsp3) is 0.257. The molecule has 0 saturated heterocycles. The second kappa shape index (κ2) is 15.1. The molecule has 1 atom stereocenters. The molecule has 47 heavy (non-hydrogen) atoms. The van der Waals surface area contributed by atoms with Crippen LogP contribution in [0.4, 0.5) is 0 Å². The summed E-state index contributed by atoms with van der Waals surface area (Å²) < 4.78 is 29.4. The number of esters is 2. The molecule has 0 bridgehead atoms. The van der Waals surface area contributed by atoms with Crippen molar-refractivity contribution in [1.82, 2.24) is 4.57 Å². The van der Waals surface area contributed by atoms with Gasteiger partial charge in [0.15, 0.2) is 22.9 Å². The lowest BCUT2D eigenvalue weighted by Gasteiger charge is -2.25. The summed E-state index contributed by atoms with van der Waals surface area (Å²) in [6, 6.07) is 19.0. The van der Waals surface area contributed by atoms with Gasteiger partial charge in [0.1, 0.15) is 12.4 Å². The second-order valence-corrected chi connectivity index (χ2v) is 11.7. The maximum Gasteiger partial charge on any atom is 0.343 e. The smallest absolute Gasteiger partial charge is 0.343 e. The van der Waals surface area contributed by atoms with E-state index in [2.05, 4.69) is 9.73 Å². The monoisotopic (exact) mass is 676 g/mol. The maximum absolute atomic E-state index is 14.0. The molecule has 2 heterocycles. The van der Waals surface area contributed by atoms with Crippen molar-refractivity contribution in [2.75, 3.05) is 26.9 Å². The minimum Gasteiger partial charge on any atom is -0.490 e. The zero-order valence-corrected chi connectivity index (χ0v) is 27.9. The Kier molecular flexibility index (Phi) is 10.8. The SMILES string of the molecule is CCOC(=O)C1=C(C)N=c2s/c(=C\c3ccc(OCc4ccc(Cl)cc4)cc3)c(=O)n2[C@H]1c1ccc(OCC(=O)OC)c(OCC)c1. The van der Waals surface area contributed by atoms with E-state index in [0.717, 1.165) is 11.1 Å². The van der Waals surface area contributed by atoms with E-state index in [1.165, 1.54) is 23.0 Å². The Balaban J connectivity index is 1.51. The van der Waals surface area contributed by atoms with Crippen LogP contribution in [0, 0.1) is 0 Å². The second-order valence-electron chi connectivity index (χ2n) is 10.3. The van der Waals surface area contributed by atoms with Crippen molar-refractivity contribution in [1.29, 1.82) is 0 Å². The molecule has 10 nitrogen and oxygen atoms in total. The van der Waals surface area contributed by atoms with Crippen molar-refractivity contribution < 1.29 is 33.3 Å². The number of hydrogen-bond acceptors (Lipinski definition) is 10. The third kappa shape index (κ3) is 7.75. The summed E-state index contributed by atoms with van der Waals surface area (Å²) >= 11 is 7.19. The molecule has 5 rings (SSSR count). The number of benzene rings is 3. The van der Waals surface area contributed by atoms with E-state index < -0.39 is 18.0 Å². The van der Waals surface area contributed by atoms with Crippen LogP contribution in [0.15, 0.2) is 87.8 Å². The van der Waals surface area contributed by atoms with E-state index in [1.54, 1.807) is 38.1 Å². The van der Waals surface area contributed by atoms with Crippen LogP contribution < -0.4 is 29.1 Å². The molecule has 0 saturated carbocycles. The van der Waals surface area contributed by atoms with Gasteiger partial charge in [-0.1, -0.05) is 53.3 Å². The van der Waals surface area contributed by atoms with Gasteiger partial charge in [0, 0.05) is 5.02 Å².